The lowest BCUT2D eigenvalue weighted by Crippen LogP contribution is -2.49. The first-order chi connectivity index (χ1) is 8.64. The van der Waals surface area contributed by atoms with Crippen molar-refractivity contribution < 1.29 is 26.3 Å². The minimum atomic E-state index is -3.90. The molecule has 3 rings (SSSR count). The monoisotopic (exact) mass is 272 g/mol. The van der Waals surface area contributed by atoms with Gasteiger partial charge in [-0.2, -0.15) is 8.42 Å². The van der Waals surface area contributed by atoms with Crippen LogP contribution >= 0.6 is 0 Å². The van der Waals surface area contributed by atoms with Crippen LogP contribution in [0.5, 0.6) is 0 Å². The molecule has 2 aliphatic rings. The Morgan fingerprint density at radius 1 is 1.06 bits per heavy atom. The van der Waals surface area contributed by atoms with Crippen LogP contribution in [0.4, 0.5) is 0 Å². The van der Waals surface area contributed by atoms with E-state index in [0.717, 1.165) is 5.56 Å². The van der Waals surface area contributed by atoms with Gasteiger partial charge in [-0.3, -0.25) is 0 Å². The number of rotatable bonds is 1. The van der Waals surface area contributed by atoms with Gasteiger partial charge >= 0.3 is 10.4 Å². The van der Waals surface area contributed by atoms with Gasteiger partial charge in [-0.25, -0.2) is 8.37 Å². The molecule has 0 aromatic heterocycles. The fourth-order valence-corrected chi connectivity index (χ4v) is 2.76. The first-order valence-electron chi connectivity index (χ1n) is 5.54. The Balaban J connectivity index is 1.72. The molecule has 3 atom stereocenters. The van der Waals surface area contributed by atoms with Gasteiger partial charge in [0.15, 0.2) is 6.29 Å². The van der Waals surface area contributed by atoms with Crippen molar-refractivity contribution in [1.82, 2.24) is 0 Å². The zero-order chi connectivity index (χ0) is 12.6. The Bertz CT molecular complexity index is 514. The summed E-state index contributed by atoms with van der Waals surface area (Å²) in [5, 5.41) is 0. The molecular formula is C11H12O6S. The molecule has 0 saturated carbocycles. The number of hydrogen-bond acceptors (Lipinski definition) is 6. The molecule has 0 amide bonds. The van der Waals surface area contributed by atoms with Crippen LogP contribution in [0.1, 0.15) is 11.9 Å². The fourth-order valence-electron chi connectivity index (χ4n) is 1.93. The predicted octanol–water partition coefficient (Wildman–Crippen LogP) is 0.761. The highest BCUT2D eigenvalue weighted by Gasteiger charge is 2.41. The van der Waals surface area contributed by atoms with E-state index < -0.39 is 28.9 Å². The molecule has 2 aliphatic heterocycles. The highest BCUT2D eigenvalue weighted by molar-refractivity contribution is 7.81. The first kappa shape index (κ1) is 12.1. The predicted molar refractivity (Wildman–Crippen MR) is 59.8 cm³/mol. The molecule has 6 nitrogen and oxygen atoms in total. The average Bonchev–Trinajstić information content (AvgIpc) is 2.38. The maximum Gasteiger partial charge on any atom is 0.400 e. The molecule has 2 fully saturated rings. The van der Waals surface area contributed by atoms with E-state index in [2.05, 4.69) is 4.18 Å². The molecule has 1 aromatic carbocycles. The zero-order valence-electron chi connectivity index (χ0n) is 9.39. The molecule has 0 bridgehead atoms. The Labute approximate surface area is 105 Å². The highest BCUT2D eigenvalue weighted by Crippen LogP contribution is 2.30. The van der Waals surface area contributed by atoms with Crippen molar-refractivity contribution in [1.29, 1.82) is 0 Å². The summed E-state index contributed by atoms with van der Waals surface area (Å²) in [4.78, 5) is 0. The van der Waals surface area contributed by atoms with Crippen molar-refractivity contribution in [2.75, 3.05) is 13.2 Å². The molecule has 18 heavy (non-hydrogen) atoms. The second-order valence-electron chi connectivity index (χ2n) is 4.08. The molecule has 7 heteroatoms. The Hall–Kier alpha value is -0.990. The van der Waals surface area contributed by atoms with Crippen molar-refractivity contribution in [2.45, 2.75) is 18.5 Å². The Kier molecular flexibility index (Phi) is 3.08. The lowest BCUT2D eigenvalue weighted by Gasteiger charge is -2.37. The summed E-state index contributed by atoms with van der Waals surface area (Å²) in [7, 11) is -3.90. The minimum absolute atomic E-state index is 0.0420. The molecule has 0 N–H and O–H groups in total. The SMILES string of the molecule is O=S1(=O)OC[C@@H]2OC(c3ccccc3)OC[C@@H]2O1. The third-order valence-corrected chi connectivity index (χ3v) is 3.72. The number of benzene rings is 1. The molecule has 0 spiro atoms. The van der Waals surface area contributed by atoms with Crippen LogP contribution in [0, 0.1) is 0 Å². The molecule has 2 saturated heterocycles. The van der Waals surface area contributed by atoms with Crippen LogP contribution in [-0.2, 0) is 28.2 Å². The quantitative estimate of drug-likeness (QED) is 0.751. The van der Waals surface area contributed by atoms with E-state index in [-0.39, 0.29) is 13.2 Å². The van der Waals surface area contributed by atoms with Crippen molar-refractivity contribution in [3.63, 3.8) is 0 Å². The van der Waals surface area contributed by atoms with Crippen LogP contribution in [0.2, 0.25) is 0 Å². The van der Waals surface area contributed by atoms with Gasteiger partial charge in [-0.05, 0) is 0 Å². The summed E-state index contributed by atoms with van der Waals surface area (Å²) < 4.78 is 42.6. The van der Waals surface area contributed by atoms with Gasteiger partial charge in [-0.15, -0.1) is 0 Å². The second kappa shape index (κ2) is 4.60. The van der Waals surface area contributed by atoms with Crippen molar-refractivity contribution >= 4 is 10.4 Å². The van der Waals surface area contributed by atoms with Crippen LogP contribution in [0.25, 0.3) is 0 Å². The molecule has 0 aliphatic carbocycles. The first-order valence-corrected chi connectivity index (χ1v) is 6.87. The maximum absolute atomic E-state index is 11.1. The lowest BCUT2D eigenvalue weighted by molar-refractivity contribution is -0.264. The highest BCUT2D eigenvalue weighted by atomic mass is 32.3. The molecular weight excluding hydrogens is 260 g/mol. The van der Waals surface area contributed by atoms with Gasteiger partial charge in [0.05, 0.1) is 13.2 Å². The lowest BCUT2D eigenvalue weighted by atomic mass is 10.1. The normalized spacial score (nSPS) is 34.8. The Morgan fingerprint density at radius 3 is 2.61 bits per heavy atom. The van der Waals surface area contributed by atoms with Crippen LogP contribution in [0.15, 0.2) is 30.3 Å². The van der Waals surface area contributed by atoms with Gasteiger partial charge in [-0.1, -0.05) is 30.3 Å². The van der Waals surface area contributed by atoms with Crippen molar-refractivity contribution in [3.8, 4) is 0 Å². The Morgan fingerprint density at radius 2 is 1.83 bits per heavy atom. The van der Waals surface area contributed by atoms with E-state index in [1.54, 1.807) is 0 Å². The number of ether oxygens (including phenoxy) is 2. The zero-order valence-corrected chi connectivity index (χ0v) is 10.2. The summed E-state index contributed by atoms with van der Waals surface area (Å²) in [5.41, 5.74) is 0.879. The average molecular weight is 272 g/mol. The third kappa shape index (κ3) is 2.40. The van der Waals surface area contributed by atoms with Gasteiger partial charge in [0.25, 0.3) is 0 Å². The topological polar surface area (TPSA) is 71.1 Å². The smallest absolute Gasteiger partial charge is 0.346 e. The second-order valence-corrected chi connectivity index (χ2v) is 5.32. The molecule has 0 radical (unpaired) electrons. The van der Waals surface area contributed by atoms with Gasteiger partial charge in [0.2, 0.25) is 0 Å². The van der Waals surface area contributed by atoms with Crippen molar-refractivity contribution in [3.05, 3.63) is 35.9 Å². The van der Waals surface area contributed by atoms with Gasteiger partial charge in [0, 0.05) is 5.56 Å². The summed E-state index contributed by atoms with van der Waals surface area (Å²) in [6, 6.07) is 9.42. The van der Waals surface area contributed by atoms with E-state index in [1.165, 1.54) is 0 Å². The number of fused-ring (bicyclic) bond motifs is 1. The van der Waals surface area contributed by atoms with Gasteiger partial charge < -0.3 is 9.47 Å². The standard InChI is InChI=1S/C11H12O6S/c12-18(13)15-7-9-10(17-18)6-14-11(16-9)8-4-2-1-3-5-8/h1-5,9-11H,6-7H2/t9-,10-,11?/m0/s1. The van der Waals surface area contributed by atoms with E-state index in [1.807, 2.05) is 30.3 Å². The molecule has 98 valence electrons. The molecule has 1 aromatic rings. The largest absolute Gasteiger partial charge is 0.400 e. The van der Waals surface area contributed by atoms with Crippen LogP contribution in [-0.4, -0.2) is 33.8 Å². The summed E-state index contributed by atoms with van der Waals surface area (Å²) in [6.45, 7) is 0.118. The summed E-state index contributed by atoms with van der Waals surface area (Å²) in [5.74, 6) is 0. The molecule has 1 unspecified atom stereocenters. The molecule has 2 heterocycles. The van der Waals surface area contributed by atoms with E-state index in [4.69, 9.17) is 13.7 Å². The van der Waals surface area contributed by atoms with E-state index >= 15 is 0 Å². The maximum atomic E-state index is 11.1. The van der Waals surface area contributed by atoms with Crippen LogP contribution < -0.4 is 0 Å². The summed E-state index contributed by atoms with van der Waals surface area (Å²) >= 11 is 0. The van der Waals surface area contributed by atoms with Crippen LogP contribution in [0.3, 0.4) is 0 Å². The van der Waals surface area contributed by atoms with Gasteiger partial charge in [0.1, 0.15) is 12.2 Å². The fraction of sp³-hybridized carbons (Fsp3) is 0.455. The number of hydrogen-bond donors (Lipinski definition) is 0. The van der Waals surface area contributed by atoms with E-state index in [9.17, 15) is 8.42 Å². The van der Waals surface area contributed by atoms with Crippen molar-refractivity contribution in [2.24, 2.45) is 0 Å². The van der Waals surface area contributed by atoms with E-state index in [0.29, 0.717) is 0 Å². The third-order valence-electron chi connectivity index (χ3n) is 2.81. The summed E-state index contributed by atoms with van der Waals surface area (Å²) in [6.07, 6.45) is -1.59. The minimum Gasteiger partial charge on any atom is -0.346 e.